The Morgan fingerprint density at radius 3 is 0.880 bits per heavy atom. The van der Waals surface area contributed by atoms with Crippen molar-refractivity contribution < 1.29 is 72.3 Å². The van der Waals surface area contributed by atoms with Gasteiger partial charge in [0.15, 0.2) is 0 Å². The van der Waals surface area contributed by atoms with Gasteiger partial charge in [0.05, 0.1) is 22.1 Å². The molecule has 0 aromatic heterocycles. The average Bonchev–Trinajstić information content (AvgIpc) is 3.15. The third-order valence-corrected chi connectivity index (χ3v) is 6.97. The summed E-state index contributed by atoms with van der Waals surface area (Å²) in [6.45, 7) is 5.16. The van der Waals surface area contributed by atoms with Crippen molar-refractivity contribution in [2.45, 2.75) is 47.0 Å². The molecule has 0 fully saturated rings. The molecule has 0 spiro atoms. The SMILES string of the molecule is CCc1ccc(C(=O)OOC(=O)OCC(C)(COC(=O)OOC(=O)c2ccc(CC)cc2)COC(=O)OOC(=O)c2ccc(CC)cc2)cc1. The first-order valence-corrected chi connectivity index (χ1v) is 15.4. The van der Waals surface area contributed by atoms with Gasteiger partial charge in [-0.3, -0.25) is 0 Å². The molecule has 0 amide bonds. The fourth-order valence-corrected chi connectivity index (χ4v) is 3.89. The number of aryl methyl sites for hydroxylation is 3. The molecule has 0 bridgehead atoms. The van der Waals surface area contributed by atoms with E-state index in [2.05, 4.69) is 29.3 Å². The highest BCUT2D eigenvalue weighted by molar-refractivity contribution is 5.90. The lowest BCUT2D eigenvalue weighted by Gasteiger charge is -2.26. The Balaban J connectivity index is 1.54. The molecule has 0 atom stereocenters. The van der Waals surface area contributed by atoms with Crippen LogP contribution >= 0.6 is 0 Å². The molecule has 0 saturated carbocycles. The van der Waals surface area contributed by atoms with Crippen molar-refractivity contribution in [2.24, 2.45) is 5.41 Å². The van der Waals surface area contributed by atoms with Crippen molar-refractivity contribution in [3.8, 4) is 0 Å². The molecule has 0 aliphatic carbocycles. The summed E-state index contributed by atoms with van der Waals surface area (Å²) in [6.07, 6.45) is -2.16. The number of benzene rings is 3. The number of ether oxygens (including phenoxy) is 3. The Morgan fingerprint density at radius 2 is 0.660 bits per heavy atom. The number of hydrogen-bond acceptors (Lipinski definition) is 15. The third-order valence-electron chi connectivity index (χ3n) is 6.97. The van der Waals surface area contributed by atoms with Crippen molar-refractivity contribution in [1.82, 2.24) is 0 Å². The maximum atomic E-state index is 12.2. The first kappa shape index (κ1) is 38.3. The van der Waals surface area contributed by atoms with Crippen molar-refractivity contribution in [1.29, 1.82) is 0 Å². The Bertz CT molecular complexity index is 1420. The Labute approximate surface area is 287 Å². The predicted octanol–water partition coefficient (Wildman–Crippen LogP) is 6.46. The van der Waals surface area contributed by atoms with Crippen molar-refractivity contribution in [3.05, 3.63) is 106 Å². The van der Waals surface area contributed by atoms with Crippen molar-refractivity contribution in [3.63, 3.8) is 0 Å². The van der Waals surface area contributed by atoms with E-state index in [1.807, 2.05) is 20.8 Å². The van der Waals surface area contributed by atoms with Gasteiger partial charge in [0.2, 0.25) is 0 Å². The highest BCUT2D eigenvalue weighted by atomic mass is 17.2. The van der Waals surface area contributed by atoms with E-state index in [-0.39, 0.29) is 16.7 Å². The fourth-order valence-electron chi connectivity index (χ4n) is 3.89. The lowest BCUT2D eigenvalue weighted by atomic mass is 9.94. The molecule has 0 aliphatic rings. The van der Waals surface area contributed by atoms with E-state index < -0.39 is 61.6 Å². The molecule has 0 N–H and O–H groups in total. The molecule has 0 unspecified atom stereocenters. The van der Waals surface area contributed by atoms with Crippen LogP contribution in [0.5, 0.6) is 0 Å². The van der Waals surface area contributed by atoms with Crippen LogP contribution in [0.15, 0.2) is 72.8 Å². The summed E-state index contributed by atoms with van der Waals surface area (Å²) in [4.78, 5) is 100.0. The largest absolute Gasteiger partial charge is 0.549 e. The van der Waals surface area contributed by atoms with Crippen LogP contribution in [0.2, 0.25) is 0 Å². The van der Waals surface area contributed by atoms with E-state index in [1.165, 1.54) is 43.3 Å². The topological polar surface area (TPSA) is 185 Å². The molecule has 3 rings (SSSR count). The summed E-state index contributed by atoms with van der Waals surface area (Å²) in [6, 6.07) is 19.1. The fraction of sp³-hybridized carbons (Fsp3) is 0.314. The minimum absolute atomic E-state index is 0.107. The predicted molar refractivity (Wildman–Crippen MR) is 169 cm³/mol. The molecule has 0 saturated heterocycles. The van der Waals surface area contributed by atoms with E-state index in [9.17, 15) is 28.8 Å². The zero-order valence-corrected chi connectivity index (χ0v) is 27.8. The highest BCUT2D eigenvalue weighted by Gasteiger charge is 2.33. The molecular formula is C35H36O15. The Kier molecular flexibility index (Phi) is 14.6. The van der Waals surface area contributed by atoms with Crippen molar-refractivity contribution >= 4 is 36.4 Å². The highest BCUT2D eigenvalue weighted by Crippen LogP contribution is 2.20. The lowest BCUT2D eigenvalue weighted by Crippen LogP contribution is -2.37. The zero-order valence-electron chi connectivity index (χ0n) is 27.8. The third kappa shape index (κ3) is 12.5. The van der Waals surface area contributed by atoms with Gasteiger partial charge in [-0.15, -0.1) is 0 Å². The Hall–Kier alpha value is -6.12. The maximum absolute atomic E-state index is 12.2. The summed E-state index contributed by atoms with van der Waals surface area (Å²) in [5.41, 5.74) is 1.69. The molecule has 3 aromatic carbocycles. The summed E-state index contributed by atoms with van der Waals surface area (Å²) in [7, 11) is 0. The zero-order chi connectivity index (χ0) is 36.5. The van der Waals surface area contributed by atoms with E-state index in [0.717, 1.165) is 36.0 Å². The second kappa shape index (κ2) is 19.0. The standard InChI is InChI=1S/C35H36O15/c1-5-23-8-14-26(15-9-23)29(36)45-48-32(39)42-20-35(4,21-43-33(40)49-46-30(37)27-16-10-24(6-2)11-17-27)22-44-34(41)50-47-31(38)28-18-12-25(7-3)13-19-28/h8-19H,5-7,20-22H2,1-4H3. The van der Waals surface area contributed by atoms with E-state index in [4.69, 9.17) is 14.2 Å². The normalized spacial score (nSPS) is 10.6. The average molecular weight is 697 g/mol. The van der Waals surface area contributed by atoms with E-state index >= 15 is 0 Å². The summed E-state index contributed by atoms with van der Waals surface area (Å²) >= 11 is 0. The van der Waals surface area contributed by atoms with Gasteiger partial charge in [0.25, 0.3) is 0 Å². The van der Waals surface area contributed by atoms with Crippen molar-refractivity contribution in [2.75, 3.05) is 19.8 Å². The molecule has 3 aromatic rings. The summed E-state index contributed by atoms with van der Waals surface area (Å²) in [5.74, 6) is -2.93. The second-order valence-corrected chi connectivity index (χ2v) is 10.9. The van der Waals surface area contributed by atoms with Crippen LogP contribution in [-0.4, -0.2) is 56.2 Å². The first-order chi connectivity index (χ1) is 23.9. The van der Waals surface area contributed by atoms with Gasteiger partial charge in [-0.1, -0.05) is 57.2 Å². The smallest absolute Gasteiger partial charge is 0.431 e. The number of hydrogen-bond donors (Lipinski definition) is 0. The summed E-state index contributed by atoms with van der Waals surface area (Å²) in [5, 5.41) is 0. The van der Waals surface area contributed by atoms with Gasteiger partial charge in [0, 0.05) is 0 Å². The van der Waals surface area contributed by atoms with Gasteiger partial charge in [-0.05, 0) is 79.3 Å². The number of carbonyl (C=O) groups excluding carboxylic acids is 6. The maximum Gasteiger partial charge on any atom is 0.549 e. The quantitative estimate of drug-likeness (QED) is 0.0869. The monoisotopic (exact) mass is 696 g/mol. The van der Waals surface area contributed by atoms with Crippen LogP contribution in [0.1, 0.15) is 75.5 Å². The van der Waals surface area contributed by atoms with Crippen LogP contribution in [0, 0.1) is 5.41 Å². The molecule has 15 nitrogen and oxygen atoms in total. The van der Waals surface area contributed by atoms with Crippen LogP contribution in [-0.2, 0) is 62.8 Å². The van der Waals surface area contributed by atoms with Gasteiger partial charge in [-0.25, -0.2) is 43.7 Å². The Morgan fingerprint density at radius 1 is 0.420 bits per heavy atom. The molecular weight excluding hydrogens is 660 g/mol. The number of carbonyl (C=O) groups is 6. The van der Waals surface area contributed by atoms with Crippen LogP contribution in [0.3, 0.4) is 0 Å². The van der Waals surface area contributed by atoms with E-state index in [0.29, 0.717) is 0 Å². The van der Waals surface area contributed by atoms with Gasteiger partial charge >= 0.3 is 36.4 Å². The van der Waals surface area contributed by atoms with Gasteiger partial charge in [0.1, 0.15) is 19.8 Å². The second-order valence-electron chi connectivity index (χ2n) is 10.9. The first-order valence-electron chi connectivity index (χ1n) is 15.4. The molecule has 50 heavy (non-hydrogen) atoms. The van der Waals surface area contributed by atoms with E-state index in [1.54, 1.807) is 36.4 Å². The number of rotatable bonds is 12. The molecule has 0 radical (unpaired) electrons. The van der Waals surface area contributed by atoms with Crippen LogP contribution < -0.4 is 0 Å². The molecule has 15 heteroatoms. The van der Waals surface area contributed by atoms with Gasteiger partial charge < -0.3 is 14.2 Å². The minimum atomic E-state index is -1.54. The minimum Gasteiger partial charge on any atom is -0.431 e. The van der Waals surface area contributed by atoms with Crippen LogP contribution in [0.4, 0.5) is 14.4 Å². The molecule has 0 heterocycles. The summed E-state index contributed by atoms with van der Waals surface area (Å²) < 4.78 is 14.9. The van der Waals surface area contributed by atoms with Gasteiger partial charge in [-0.2, -0.15) is 14.4 Å². The van der Waals surface area contributed by atoms with Crippen LogP contribution in [0.25, 0.3) is 0 Å². The lowest BCUT2D eigenvalue weighted by molar-refractivity contribution is -0.216. The molecule has 266 valence electrons. The molecule has 0 aliphatic heterocycles.